The van der Waals surface area contributed by atoms with Crippen LogP contribution in [-0.4, -0.2) is 36.2 Å². The minimum atomic E-state index is 0.133. The third-order valence-corrected chi connectivity index (χ3v) is 4.55. The quantitative estimate of drug-likeness (QED) is 0.777. The van der Waals surface area contributed by atoms with Crippen LogP contribution in [0.5, 0.6) is 5.75 Å². The minimum absolute atomic E-state index is 0.133. The molecule has 3 aromatic rings. The van der Waals surface area contributed by atoms with Crippen LogP contribution in [0.15, 0.2) is 48.5 Å². The number of hydrogen-bond acceptors (Lipinski definition) is 5. The van der Waals surface area contributed by atoms with Crippen LogP contribution >= 0.6 is 0 Å². The number of ether oxygens (including phenoxy) is 1. The fourth-order valence-corrected chi connectivity index (χ4v) is 3.39. The van der Waals surface area contributed by atoms with Gasteiger partial charge in [-0.1, -0.05) is 30.3 Å². The second-order valence-corrected chi connectivity index (χ2v) is 6.45. The molecular weight excluding hydrogens is 312 g/mol. The fraction of sp³-hybridized carbons (Fsp3) is 0.300. The molecule has 2 aromatic carbocycles. The van der Waals surface area contributed by atoms with E-state index in [0.29, 0.717) is 13.0 Å². The molecule has 0 saturated heterocycles. The summed E-state index contributed by atoms with van der Waals surface area (Å²) >= 11 is 0. The summed E-state index contributed by atoms with van der Waals surface area (Å²) in [5, 5.41) is 1.06. The lowest BCUT2D eigenvalue weighted by molar-refractivity contribution is 0.239. The Bertz CT molecular complexity index is 871. The Morgan fingerprint density at radius 1 is 1.12 bits per heavy atom. The van der Waals surface area contributed by atoms with E-state index >= 15 is 0 Å². The normalized spacial score (nSPS) is 15.8. The number of hydrogen-bond donors (Lipinski definition) is 1. The van der Waals surface area contributed by atoms with Crippen LogP contribution in [0, 0.1) is 0 Å². The van der Waals surface area contributed by atoms with Gasteiger partial charge in [-0.3, -0.25) is 0 Å². The summed E-state index contributed by atoms with van der Waals surface area (Å²) in [4.78, 5) is 11.6. The molecule has 25 heavy (non-hydrogen) atoms. The topological polar surface area (TPSA) is 64.3 Å². The van der Waals surface area contributed by atoms with E-state index in [4.69, 9.17) is 15.5 Å². The standard InChI is InChI=1S/C20H22N4O/c1-24(13-15-12-14-6-2-5-9-18(14)25-15)20-16-7-3-4-8-17(16)22-19(23-20)10-11-21/h2-9,15H,10-13,21H2,1H3. The van der Waals surface area contributed by atoms with Gasteiger partial charge in [0.25, 0.3) is 0 Å². The molecule has 2 N–H and O–H groups in total. The molecule has 1 aliphatic heterocycles. The molecule has 0 amide bonds. The van der Waals surface area contributed by atoms with Crippen molar-refractivity contribution in [1.82, 2.24) is 9.97 Å². The zero-order valence-corrected chi connectivity index (χ0v) is 14.4. The van der Waals surface area contributed by atoms with Gasteiger partial charge in [0.15, 0.2) is 0 Å². The third kappa shape index (κ3) is 3.15. The molecule has 1 atom stereocenters. The summed E-state index contributed by atoms with van der Waals surface area (Å²) in [6.07, 6.45) is 1.74. The van der Waals surface area contributed by atoms with E-state index in [2.05, 4.69) is 35.1 Å². The second kappa shape index (κ2) is 6.69. The van der Waals surface area contributed by atoms with Crippen molar-refractivity contribution in [3.05, 3.63) is 59.9 Å². The summed E-state index contributed by atoms with van der Waals surface area (Å²) in [6.45, 7) is 1.32. The van der Waals surface area contributed by atoms with Gasteiger partial charge in [0.2, 0.25) is 0 Å². The molecular formula is C20H22N4O. The van der Waals surface area contributed by atoms with Gasteiger partial charge < -0.3 is 15.4 Å². The SMILES string of the molecule is CN(CC1Cc2ccccc2O1)c1nc(CCN)nc2ccccc12. The molecule has 1 unspecified atom stereocenters. The van der Waals surface area contributed by atoms with Crippen molar-refractivity contribution in [1.29, 1.82) is 0 Å². The number of para-hydroxylation sites is 2. The van der Waals surface area contributed by atoms with Crippen LogP contribution in [-0.2, 0) is 12.8 Å². The Balaban J connectivity index is 1.60. The Kier molecular flexibility index (Phi) is 4.24. The van der Waals surface area contributed by atoms with E-state index in [-0.39, 0.29) is 6.10 Å². The smallest absolute Gasteiger partial charge is 0.140 e. The fourth-order valence-electron chi connectivity index (χ4n) is 3.39. The van der Waals surface area contributed by atoms with Gasteiger partial charge in [-0.15, -0.1) is 0 Å². The summed E-state index contributed by atoms with van der Waals surface area (Å²) in [5.74, 6) is 2.73. The number of nitrogens with two attached hydrogens (primary N) is 1. The molecule has 0 fully saturated rings. The summed E-state index contributed by atoms with van der Waals surface area (Å²) in [5.41, 5.74) is 7.93. The molecule has 128 valence electrons. The van der Waals surface area contributed by atoms with Gasteiger partial charge in [-0.25, -0.2) is 9.97 Å². The molecule has 4 rings (SSSR count). The Hall–Kier alpha value is -2.66. The highest BCUT2D eigenvalue weighted by Gasteiger charge is 2.24. The number of benzene rings is 2. The first kappa shape index (κ1) is 15.8. The van der Waals surface area contributed by atoms with E-state index in [1.165, 1.54) is 5.56 Å². The van der Waals surface area contributed by atoms with E-state index in [1.807, 2.05) is 30.3 Å². The zero-order valence-electron chi connectivity index (χ0n) is 14.4. The van der Waals surface area contributed by atoms with E-state index in [1.54, 1.807) is 0 Å². The first-order valence-corrected chi connectivity index (χ1v) is 8.66. The maximum absolute atomic E-state index is 6.08. The molecule has 1 aromatic heterocycles. The van der Waals surface area contributed by atoms with Crippen molar-refractivity contribution in [2.45, 2.75) is 18.9 Å². The van der Waals surface area contributed by atoms with Crippen molar-refractivity contribution < 1.29 is 4.74 Å². The Labute approximate surface area is 147 Å². The van der Waals surface area contributed by atoms with Gasteiger partial charge in [-0.05, 0) is 30.3 Å². The lowest BCUT2D eigenvalue weighted by Crippen LogP contribution is -2.33. The minimum Gasteiger partial charge on any atom is -0.488 e. The number of nitrogens with zero attached hydrogens (tertiary/aromatic N) is 3. The largest absolute Gasteiger partial charge is 0.488 e. The molecule has 5 heteroatoms. The first-order chi connectivity index (χ1) is 12.2. The van der Waals surface area contributed by atoms with Crippen molar-refractivity contribution in [2.75, 3.05) is 25.0 Å². The zero-order chi connectivity index (χ0) is 17.2. The van der Waals surface area contributed by atoms with E-state index in [0.717, 1.165) is 41.3 Å². The van der Waals surface area contributed by atoms with E-state index in [9.17, 15) is 0 Å². The average Bonchev–Trinajstić information content (AvgIpc) is 3.03. The van der Waals surface area contributed by atoms with Gasteiger partial charge in [0, 0.05) is 25.3 Å². The van der Waals surface area contributed by atoms with Crippen LogP contribution < -0.4 is 15.4 Å². The monoisotopic (exact) mass is 334 g/mol. The number of aromatic nitrogens is 2. The Morgan fingerprint density at radius 3 is 2.76 bits per heavy atom. The van der Waals surface area contributed by atoms with Crippen LogP contribution in [0.1, 0.15) is 11.4 Å². The molecule has 0 spiro atoms. The summed E-state index contributed by atoms with van der Waals surface area (Å²) in [6, 6.07) is 16.4. The highest BCUT2D eigenvalue weighted by atomic mass is 16.5. The summed E-state index contributed by atoms with van der Waals surface area (Å²) < 4.78 is 6.08. The molecule has 0 saturated carbocycles. The first-order valence-electron chi connectivity index (χ1n) is 8.66. The second-order valence-electron chi connectivity index (χ2n) is 6.45. The van der Waals surface area contributed by atoms with Gasteiger partial charge in [-0.2, -0.15) is 0 Å². The molecule has 0 bridgehead atoms. The van der Waals surface area contributed by atoms with Crippen molar-refractivity contribution >= 4 is 16.7 Å². The van der Waals surface area contributed by atoms with E-state index < -0.39 is 0 Å². The van der Waals surface area contributed by atoms with Crippen LogP contribution in [0.4, 0.5) is 5.82 Å². The van der Waals surface area contributed by atoms with Crippen molar-refractivity contribution in [3.8, 4) is 5.75 Å². The number of likely N-dealkylation sites (N-methyl/N-ethyl adjacent to an activating group) is 1. The maximum Gasteiger partial charge on any atom is 0.140 e. The number of fused-ring (bicyclic) bond motifs is 2. The highest BCUT2D eigenvalue weighted by Crippen LogP contribution is 2.30. The third-order valence-electron chi connectivity index (χ3n) is 4.55. The lowest BCUT2D eigenvalue weighted by atomic mass is 10.1. The van der Waals surface area contributed by atoms with Gasteiger partial charge in [0.1, 0.15) is 23.5 Å². The van der Waals surface area contributed by atoms with Gasteiger partial charge >= 0.3 is 0 Å². The predicted octanol–water partition coefficient (Wildman–Crippen LogP) is 2.57. The van der Waals surface area contributed by atoms with Crippen LogP contribution in [0.25, 0.3) is 10.9 Å². The number of rotatable bonds is 5. The maximum atomic E-state index is 6.08. The number of anilines is 1. The molecule has 0 radical (unpaired) electrons. The van der Waals surface area contributed by atoms with Crippen LogP contribution in [0.3, 0.4) is 0 Å². The van der Waals surface area contributed by atoms with Crippen LogP contribution in [0.2, 0.25) is 0 Å². The highest BCUT2D eigenvalue weighted by molar-refractivity contribution is 5.89. The van der Waals surface area contributed by atoms with Crippen molar-refractivity contribution in [3.63, 3.8) is 0 Å². The summed E-state index contributed by atoms with van der Waals surface area (Å²) in [7, 11) is 2.06. The predicted molar refractivity (Wildman–Crippen MR) is 100 cm³/mol. The molecule has 2 heterocycles. The molecule has 5 nitrogen and oxygen atoms in total. The average molecular weight is 334 g/mol. The molecule has 1 aliphatic rings. The lowest BCUT2D eigenvalue weighted by Gasteiger charge is -2.23. The Morgan fingerprint density at radius 2 is 1.92 bits per heavy atom. The molecule has 0 aliphatic carbocycles. The van der Waals surface area contributed by atoms with Gasteiger partial charge in [0.05, 0.1) is 12.1 Å². The van der Waals surface area contributed by atoms with Crippen molar-refractivity contribution in [2.24, 2.45) is 5.73 Å².